The molecule has 1 aliphatic rings. The number of aromatic nitrogens is 1. The van der Waals surface area contributed by atoms with E-state index in [0.717, 1.165) is 37.2 Å². The molecular weight excluding hydrogens is 302 g/mol. The van der Waals surface area contributed by atoms with Crippen molar-refractivity contribution in [1.82, 2.24) is 10.3 Å². The molecule has 0 aliphatic carbocycles. The van der Waals surface area contributed by atoms with E-state index in [0.29, 0.717) is 5.56 Å². The third-order valence-corrected chi connectivity index (χ3v) is 4.21. The molecule has 2 heterocycles. The Morgan fingerprint density at radius 1 is 1.33 bits per heavy atom. The van der Waals surface area contributed by atoms with Gasteiger partial charge in [0, 0.05) is 25.5 Å². The van der Waals surface area contributed by atoms with Crippen LogP contribution >= 0.6 is 0 Å². The molecule has 2 atom stereocenters. The monoisotopic (exact) mass is 325 g/mol. The van der Waals surface area contributed by atoms with Crippen LogP contribution in [0.1, 0.15) is 41.7 Å². The minimum atomic E-state index is -0.125. The van der Waals surface area contributed by atoms with Gasteiger partial charge in [0.15, 0.2) is 0 Å². The number of nitrogens with zero attached hydrogens (tertiary/aromatic N) is 1. The lowest BCUT2D eigenvalue weighted by atomic mass is 10.1. The quantitative estimate of drug-likeness (QED) is 0.856. The number of anilines is 1. The summed E-state index contributed by atoms with van der Waals surface area (Å²) in [6.07, 6.45) is 5.76. The summed E-state index contributed by atoms with van der Waals surface area (Å²) < 4.78 is 5.59. The fraction of sp³-hybridized carbons (Fsp3) is 0.368. The van der Waals surface area contributed by atoms with Crippen LogP contribution in [-0.2, 0) is 4.74 Å². The number of hydrogen-bond donors (Lipinski definition) is 2. The average molecular weight is 325 g/mol. The molecule has 1 aromatic carbocycles. The molecule has 1 amide bonds. The average Bonchev–Trinajstić information content (AvgIpc) is 3.14. The van der Waals surface area contributed by atoms with Gasteiger partial charge in [0.1, 0.15) is 0 Å². The number of hydrogen-bond acceptors (Lipinski definition) is 4. The highest BCUT2D eigenvalue weighted by molar-refractivity contribution is 5.94. The Hall–Kier alpha value is -2.40. The van der Waals surface area contributed by atoms with E-state index in [4.69, 9.17) is 4.74 Å². The number of amides is 1. The molecule has 2 unspecified atom stereocenters. The normalized spacial score (nSPS) is 18.1. The first-order valence-electron chi connectivity index (χ1n) is 8.39. The van der Waals surface area contributed by atoms with Gasteiger partial charge in [0.2, 0.25) is 0 Å². The third-order valence-electron chi connectivity index (χ3n) is 4.21. The fourth-order valence-electron chi connectivity index (χ4n) is 2.80. The summed E-state index contributed by atoms with van der Waals surface area (Å²) in [6, 6.07) is 11.7. The largest absolute Gasteiger partial charge is 0.381 e. The van der Waals surface area contributed by atoms with Crippen molar-refractivity contribution in [3.05, 3.63) is 59.9 Å². The predicted octanol–water partition coefficient (Wildman–Crippen LogP) is 3.16. The van der Waals surface area contributed by atoms with Crippen LogP contribution < -0.4 is 10.6 Å². The molecule has 5 heteroatoms. The van der Waals surface area contributed by atoms with E-state index in [1.54, 1.807) is 12.4 Å². The van der Waals surface area contributed by atoms with E-state index in [9.17, 15) is 4.79 Å². The van der Waals surface area contributed by atoms with Crippen LogP contribution in [0.4, 0.5) is 5.69 Å². The summed E-state index contributed by atoms with van der Waals surface area (Å²) in [7, 11) is 0. The third kappa shape index (κ3) is 4.32. The highest BCUT2D eigenvalue weighted by Crippen LogP contribution is 2.16. The number of pyridine rings is 1. The van der Waals surface area contributed by atoms with E-state index in [-0.39, 0.29) is 18.1 Å². The summed E-state index contributed by atoms with van der Waals surface area (Å²) in [4.78, 5) is 16.6. The maximum Gasteiger partial charge on any atom is 0.253 e. The Morgan fingerprint density at radius 3 is 2.92 bits per heavy atom. The van der Waals surface area contributed by atoms with Gasteiger partial charge in [-0.05, 0) is 31.4 Å². The second kappa shape index (κ2) is 7.93. The first kappa shape index (κ1) is 16.5. The molecule has 5 nitrogen and oxygen atoms in total. The van der Waals surface area contributed by atoms with Crippen molar-refractivity contribution >= 4 is 11.6 Å². The van der Waals surface area contributed by atoms with Crippen molar-refractivity contribution in [2.45, 2.75) is 31.9 Å². The van der Waals surface area contributed by atoms with Gasteiger partial charge in [0.25, 0.3) is 5.91 Å². The number of rotatable bonds is 6. The van der Waals surface area contributed by atoms with Gasteiger partial charge < -0.3 is 15.4 Å². The maximum atomic E-state index is 12.4. The van der Waals surface area contributed by atoms with Crippen molar-refractivity contribution in [3.8, 4) is 0 Å². The molecule has 24 heavy (non-hydrogen) atoms. The zero-order chi connectivity index (χ0) is 16.8. The minimum Gasteiger partial charge on any atom is -0.381 e. The highest BCUT2D eigenvalue weighted by atomic mass is 16.5. The van der Waals surface area contributed by atoms with Crippen molar-refractivity contribution in [1.29, 1.82) is 0 Å². The fourth-order valence-corrected chi connectivity index (χ4v) is 2.80. The molecule has 2 aromatic rings. The lowest BCUT2D eigenvalue weighted by Gasteiger charge is -2.15. The number of carbonyl (C=O) groups excluding carboxylic acids is 1. The molecule has 0 saturated carbocycles. The summed E-state index contributed by atoms with van der Waals surface area (Å²) in [5, 5.41) is 6.30. The first-order valence-corrected chi connectivity index (χ1v) is 8.39. The smallest absolute Gasteiger partial charge is 0.253 e. The molecule has 0 bridgehead atoms. The predicted molar refractivity (Wildman–Crippen MR) is 94.0 cm³/mol. The number of carbonyl (C=O) groups is 1. The van der Waals surface area contributed by atoms with Crippen LogP contribution in [0, 0.1) is 0 Å². The van der Waals surface area contributed by atoms with Crippen molar-refractivity contribution in [3.63, 3.8) is 0 Å². The first-order chi connectivity index (χ1) is 11.7. The van der Waals surface area contributed by atoms with Gasteiger partial charge in [-0.3, -0.25) is 9.78 Å². The molecule has 2 N–H and O–H groups in total. The van der Waals surface area contributed by atoms with Gasteiger partial charge >= 0.3 is 0 Å². The Kier molecular flexibility index (Phi) is 5.43. The Labute approximate surface area is 142 Å². The van der Waals surface area contributed by atoms with Crippen LogP contribution in [0.2, 0.25) is 0 Å². The molecule has 3 rings (SSSR count). The summed E-state index contributed by atoms with van der Waals surface area (Å²) in [5.74, 6) is -0.125. The summed E-state index contributed by atoms with van der Waals surface area (Å²) >= 11 is 0. The van der Waals surface area contributed by atoms with E-state index in [2.05, 4.69) is 15.6 Å². The second-order valence-corrected chi connectivity index (χ2v) is 6.08. The second-order valence-electron chi connectivity index (χ2n) is 6.08. The molecular formula is C19H23N3O2. The number of benzene rings is 1. The van der Waals surface area contributed by atoms with Crippen LogP contribution in [0.3, 0.4) is 0 Å². The topological polar surface area (TPSA) is 63.2 Å². The van der Waals surface area contributed by atoms with Gasteiger partial charge in [0.05, 0.1) is 23.4 Å². The number of nitrogens with one attached hydrogen (secondary N) is 2. The molecule has 0 spiro atoms. The zero-order valence-corrected chi connectivity index (χ0v) is 13.9. The molecule has 1 aliphatic heterocycles. The SMILES string of the molecule is CC(NC(=O)c1cncc(NCC2CCCO2)c1)c1ccccc1. The standard InChI is InChI=1S/C19H23N3O2/c1-14(15-6-3-2-4-7-15)22-19(23)16-10-17(12-20-11-16)21-13-18-8-5-9-24-18/h2-4,6-7,10-12,14,18,21H,5,8-9,13H2,1H3,(H,22,23). The van der Waals surface area contributed by atoms with Gasteiger partial charge in [-0.25, -0.2) is 0 Å². The Balaban J connectivity index is 1.59. The lowest BCUT2D eigenvalue weighted by molar-refractivity contribution is 0.0939. The van der Waals surface area contributed by atoms with Crippen LogP contribution in [0.15, 0.2) is 48.8 Å². The van der Waals surface area contributed by atoms with Crippen LogP contribution in [0.25, 0.3) is 0 Å². The van der Waals surface area contributed by atoms with Gasteiger partial charge in [-0.15, -0.1) is 0 Å². The summed E-state index contributed by atoms with van der Waals surface area (Å²) in [6.45, 7) is 3.55. The minimum absolute atomic E-state index is 0.0535. The molecule has 1 fully saturated rings. The Morgan fingerprint density at radius 2 is 2.17 bits per heavy atom. The molecule has 0 radical (unpaired) electrons. The van der Waals surface area contributed by atoms with E-state index >= 15 is 0 Å². The zero-order valence-electron chi connectivity index (χ0n) is 13.9. The van der Waals surface area contributed by atoms with E-state index in [1.807, 2.05) is 43.3 Å². The van der Waals surface area contributed by atoms with E-state index in [1.165, 1.54) is 0 Å². The van der Waals surface area contributed by atoms with Crippen molar-refractivity contribution in [2.24, 2.45) is 0 Å². The van der Waals surface area contributed by atoms with Crippen molar-refractivity contribution < 1.29 is 9.53 Å². The van der Waals surface area contributed by atoms with Gasteiger partial charge in [-0.1, -0.05) is 30.3 Å². The lowest BCUT2D eigenvalue weighted by Crippen LogP contribution is -2.27. The van der Waals surface area contributed by atoms with Crippen molar-refractivity contribution in [2.75, 3.05) is 18.5 Å². The van der Waals surface area contributed by atoms with E-state index < -0.39 is 0 Å². The molecule has 1 aromatic heterocycles. The van der Waals surface area contributed by atoms with Crippen LogP contribution in [0.5, 0.6) is 0 Å². The maximum absolute atomic E-state index is 12.4. The molecule has 1 saturated heterocycles. The Bertz CT molecular complexity index is 669. The number of ether oxygens (including phenoxy) is 1. The highest BCUT2D eigenvalue weighted by Gasteiger charge is 2.16. The van der Waals surface area contributed by atoms with Crippen LogP contribution in [-0.4, -0.2) is 30.1 Å². The summed E-state index contributed by atoms with van der Waals surface area (Å²) in [5.41, 5.74) is 2.46. The molecule has 126 valence electrons. The van der Waals surface area contributed by atoms with Gasteiger partial charge in [-0.2, -0.15) is 0 Å².